The minimum atomic E-state index is -0.235. The number of hydrogen-bond donors (Lipinski definition) is 2. The van der Waals surface area contributed by atoms with Crippen LogP contribution in [0.4, 0.5) is 5.69 Å². The van der Waals surface area contributed by atoms with Gasteiger partial charge in [0.25, 0.3) is 5.56 Å². The minimum Gasteiger partial charge on any atom is -0.493 e. The van der Waals surface area contributed by atoms with E-state index < -0.39 is 0 Å². The summed E-state index contributed by atoms with van der Waals surface area (Å²) in [5.74, 6) is 0.931. The van der Waals surface area contributed by atoms with Crippen molar-refractivity contribution in [1.82, 2.24) is 14.5 Å². The van der Waals surface area contributed by atoms with E-state index in [1.54, 1.807) is 25.3 Å². The lowest BCUT2D eigenvalue weighted by Gasteiger charge is -2.13. The Labute approximate surface area is 188 Å². The number of aryl methyl sites for hydroxylation is 1. The molecule has 2 heterocycles. The number of rotatable bonds is 7. The molecule has 0 fully saturated rings. The summed E-state index contributed by atoms with van der Waals surface area (Å²) in [7, 11) is 3.08. The lowest BCUT2D eigenvalue weighted by atomic mass is 10.2. The first-order chi connectivity index (χ1) is 15.5. The van der Waals surface area contributed by atoms with E-state index in [0.717, 1.165) is 5.69 Å². The van der Waals surface area contributed by atoms with Crippen LogP contribution in [0.1, 0.15) is 5.69 Å². The molecule has 0 unspecified atom stereocenters. The molecule has 164 valence electrons. The number of hydrogen-bond acceptors (Lipinski definition) is 6. The minimum absolute atomic E-state index is 0.0720. The fraction of sp³-hybridized carbons (Fsp3) is 0.174. The van der Waals surface area contributed by atoms with Crippen LogP contribution in [-0.4, -0.2) is 40.4 Å². The van der Waals surface area contributed by atoms with Crippen LogP contribution < -0.4 is 20.3 Å². The molecular formula is C23H22N4O4S. The fourth-order valence-electron chi connectivity index (χ4n) is 3.32. The van der Waals surface area contributed by atoms with Gasteiger partial charge in [-0.25, -0.2) is 4.98 Å². The van der Waals surface area contributed by atoms with Gasteiger partial charge in [-0.15, -0.1) is 0 Å². The molecule has 0 spiro atoms. The van der Waals surface area contributed by atoms with Gasteiger partial charge in [-0.1, -0.05) is 30.0 Å². The number of aromatic nitrogens is 3. The molecule has 0 aliphatic carbocycles. The van der Waals surface area contributed by atoms with Crippen LogP contribution in [0.5, 0.6) is 11.5 Å². The number of fused-ring (bicyclic) bond motifs is 1. The van der Waals surface area contributed by atoms with Gasteiger partial charge in [0.05, 0.1) is 31.2 Å². The number of benzene rings is 2. The number of amides is 1. The van der Waals surface area contributed by atoms with Crippen LogP contribution in [0, 0.1) is 6.92 Å². The van der Waals surface area contributed by atoms with E-state index >= 15 is 0 Å². The Kier molecular flexibility index (Phi) is 6.18. The number of nitrogens with one attached hydrogen (secondary N) is 2. The van der Waals surface area contributed by atoms with E-state index in [2.05, 4.69) is 15.3 Å². The first-order valence-corrected chi connectivity index (χ1v) is 10.8. The first kappa shape index (κ1) is 21.5. The summed E-state index contributed by atoms with van der Waals surface area (Å²) in [5.41, 5.74) is 2.91. The molecule has 0 atom stereocenters. The molecule has 2 aromatic heterocycles. The van der Waals surface area contributed by atoms with Gasteiger partial charge in [0, 0.05) is 17.4 Å². The monoisotopic (exact) mass is 450 g/mol. The summed E-state index contributed by atoms with van der Waals surface area (Å²) in [4.78, 5) is 33.5. The summed E-state index contributed by atoms with van der Waals surface area (Å²) in [6.07, 6.45) is 0. The number of ether oxygens (including phenoxy) is 2. The zero-order valence-corrected chi connectivity index (χ0v) is 18.7. The average molecular weight is 451 g/mol. The number of thioether (sulfide) groups is 1. The van der Waals surface area contributed by atoms with Crippen LogP contribution in [0.25, 0.3) is 16.7 Å². The number of carbonyl (C=O) groups excluding carboxylic acids is 1. The lowest BCUT2D eigenvalue weighted by Crippen LogP contribution is -2.23. The van der Waals surface area contributed by atoms with Crippen molar-refractivity contribution in [3.8, 4) is 17.2 Å². The number of H-pyrrole nitrogens is 1. The molecule has 1 amide bonds. The summed E-state index contributed by atoms with van der Waals surface area (Å²) in [6.45, 7) is 1.87. The second-order valence-corrected chi connectivity index (χ2v) is 7.93. The molecule has 2 N–H and O–H groups in total. The third-order valence-corrected chi connectivity index (χ3v) is 5.71. The highest BCUT2D eigenvalue weighted by Crippen LogP contribution is 2.30. The van der Waals surface area contributed by atoms with E-state index in [1.165, 1.54) is 23.4 Å². The zero-order chi connectivity index (χ0) is 22.7. The maximum atomic E-state index is 13.2. The van der Waals surface area contributed by atoms with E-state index in [9.17, 15) is 9.59 Å². The maximum absolute atomic E-state index is 13.2. The van der Waals surface area contributed by atoms with Gasteiger partial charge in [0.2, 0.25) is 5.91 Å². The van der Waals surface area contributed by atoms with Crippen molar-refractivity contribution >= 4 is 34.4 Å². The van der Waals surface area contributed by atoms with Crippen LogP contribution in [0.3, 0.4) is 0 Å². The number of methoxy groups -OCH3 is 2. The molecular weight excluding hydrogens is 428 g/mol. The Morgan fingerprint density at radius 2 is 1.84 bits per heavy atom. The van der Waals surface area contributed by atoms with Crippen LogP contribution >= 0.6 is 11.8 Å². The normalized spacial score (nSPS) is 10.8. The number of anilines is 1. The summed E-state index contributed by atoms with van der Waals surface area (Å²) < 4.78 is 12.0. The molecule has 0 aliphatic rings. The van der Waals surface area contributed by atoms with Gasteiger partial charge in [-0.05, 0) is 37.3 Å². The SMILES string of the molecule is COc1ccc(NC(=O)CSc2nc3cc(C)[nH]c3c(=O)n2-c2ccccc2)cc1OC. The first-order valence-electron chi connectivity index (χ1n) is 9.82. The quantitative estimate of drug-likeness (QED) is 0.329. The average Bonchev–Trinajstić information content (AvgIpc) is 3.18. The van der Waals surface area contributed by atoms with Crippen molar-refractivity contribution in [2.45, 2.75) is 12.1 Å². The van der Waals surface area contributed by atoms with E-state index in [1.807, 2.05) is 43.3 Å². The molecule has 32 heavy (non-hydrogen) atoms. The number of aromatic amines is 1. The molecule has 2 aromatic carbocycles. The lowest BCUT2D eigenvalue weighted by molar-refractivity contribution is -0.113. The molecule has 0 saturated heterocycles. The fourth-order valence-corrected chi connectivity index (χ4v) is 4.13. The number of para-hydroxylation sites is 1. The molecule has 0 aliphatic heterocycles. The molecule has 4 rings (SSSR count). The molecule has 0 bridgehead atoms. The van der Waals surface area contributed by atoms with Crippen molar-refractivity contribution < 1.29 is 14.3 Å². The van der Waals surface area contributed by atoms with Crippen LogP contribution in [0.15, 0.2) is 64.5 Å². The smallest absolute Gasteiger partial charge is 0.283 e. The van der Waals surface area contributed by atoms with Gasteiger partial charge >= 0.3 is 0 Å². The molecule has 4 aromatic rings. The zero-order valence-electron chi connectivity index (χ0n) is 17.8. The largest absolute Gasteiger partial charge is 0.493 e. The molecule has 0 saturated carbocycles. The highest BCUT2D eigenvalue weighted by Gasteiger charge is 2.16. The number of nitrogens with zero attached hydrogens (tertiary/aromatic N) is 2. The predicted molar refractivity (Wildman–Crippen MR) is 125 cm³/mol. The van der Waals surface area contributed by atoms with Gasteiger partial charge in [0.15, 0.2) is 16.7 Å². The van der Waals surface area contributed by atoms with Crippen molar-refractivity contribution in [2.24, 2.45) is 0 Å². The van der Waals surface area contributed by atoms with Gasteiger partial charge in [-0.3, -0.25) is 14.2 Å². The third kappa shape index (κ3) is 4.33. The predicted octanol–water partition coefficient (Wildman–Crippen LogP) is 3.77. The second kappa shape index (κ2) is 9.19. The van der Waals surface area contributed by atoms with E-state index in [-0.39, 0.29) is 17.2 Å². The second-order valence-electron chi connectivity index (χ2n) is 6.99. The Balaban J connectivity index is 1.60. The number of carbonyl (C=O) groups is 1. The molecule has 8 nitrogen and oxygen atoms in total. The molecule has 0 radical (unpaired) electrons. The Hall–Kier alpha value is -3.72. The maximum Gasteiger partial charge on any atom is 0.283 e. The van der Waals surface area contributed by atoms with Crippen molar-refractivity contribution in [1.29, 1.82) is 0 Å². The summed E-state index contributed by atoms with van der Waals surface area (Å²) >= 11 is 1.20. The van der Waals surface area contributed by atoms with Gasteiger partial charge < -0.3 is 19.8 Å². The summed E-state index contributed by atoms with van der Waals surface area (Å²) in [6, 6.07) is 16.2. The van der Waals surface area contributed by atoms with Crippen molar-refractivity contribution in [3.05, 3.63) is 70.6 Å². The topological polar surface area (TPSA) is 98.2 Å². The van der Waals surface area contributed by atoms with Crippen LogP contribution in [0.2, 0.25) is 0 Å². The van der Waals surface area contributed by atoms with Crippen LogP contribution in [-0.2, 0) is 4.79 Å². The van der Waals surface area contributed by atoms with E-state index in [4.69, 9.17) is 9.47 Å². The molecule has 9 heteroatoms. The highest BCUT2D eigenvalue weighted by molar-refractivity contribution is 7.99. The highest BCUT2D eigenvalue weighted by atomic mass is 32.2. The van der Waals surface area contributed by atoms with Gasteiger partial charge in [0.1, 0.15) is 5.52 Å². The van der Waals surface area contributed by atoms with Crippen molar-refractivity contribution in [2.75, 3.05) is 25.3 Å². The Bertz CT molecular complexity index is 1330. The van der Waals surface area contributed by atoms with Gasteiger partial charge in [-0.2, -0.15) is 0 Å². The Morgan fingerprint density at radius 3 is 2.56 bits per heavy atom. The summed E-state index contributed by atoms with van der Waals surface area (Å²) in [5, 5.41) is 3.28. The Morgan fingerprint density at radius 1 is 1.09 bits per heavy atom. The van der Waals surface area contributed by atoms with Crippen molar-refractivity contribution in [3.63, 3.8) is 0 Å². The standard InChI is InChI=1S/C23H22N4O4S/c1-14-11-17-21(24-14)22(29)27(16-7-5-4-6-8-16)23(26-17)32-13-20(28)25-15-9-10-18(30-2)19(12-15)31-3/h4-12,24H,13H2,1-3H3,(H,25,28). The van der Waals surface area contributed by atoms with E-state index in [0.29, 0.717) is 39.1 Å². The third-order valence-electron chi connectivity index (χ3n) is 4.77.